The van der Waals surface area contributed by atoms with Gasteiger partial charge in [-0.15, -0.1) is 0 Å². The zero-order chi connectivity index (χ0) is 18.3. The lowest BCUT2D eigenvalue weighted by Crippen LogP contribution is -2.23. The number of ether oxygens (including phenoxy) is 2. The number of nitriles is 1. The Morgan fingerprint density at radius 1 is 1.19 bits per heavy atom. The van der Waals surface area contributed by atoms with Crippen molar-refractivity contribution >= 4 is 5.57 Å². The molecule has 0 saturated heterocycles. The first-order valence-corrected chi connectivity index (χ1v) is 8.35. The van der Waals surface area contributed by atoms with Crippen molar-refractivity contribution in [1.29, 1.82) is 5.26 Å². The van der Waals surface area contributed by atoms with Gasteiger partial charge in [0.15, 0.2) is 0 Å². The van der Waals surface area contributed by atoms with E-state index in [0.717, 1.165) is 40.2 Å². The van der Waals surface area contributed by atoms with Gasteiger partial charge in [-0.2, -0.15) is 5.26 Å². The highest BCUT2D eigenvalue weighted by Gasteiger charge is 2.36. The van der Waals surface area contributed by atoms with Gasteiger partial charge in [-0.1, -0.05) is 18.2 Å². The van der Waals surface area contributed by atoms with E-state index in [2.05, 4.69) is 6.07 Å². The van der Waals surface area contributed by atoms with Crippen LogP contribution in [0.1, 0.15) is 29.0 Å². The van der Waals surface area contributed by atoms with Gasteiger partial charge in [0, 0.05) is 12.0 Å². The highest BCUT2D eigenvalue weighted by atomic mass is 19.1. The summed E-state index contributed by atoms with van der Waals surface area (Å²) in [6.07, 6.45) is 1.52. The summed E-state index contributed by atoms with van der Waals surface area (Å²) in [7, 11) is 1.62. The van der Waals surface area contributed by atoms with Crippen molar-refractivity contribution in [2.45, 2.75) is 18.8 Å². The van der Waals surface area contributed by atoms with Crippen LogP contribution in [-0.2, 0) is 11.2 Å². The molecular weight excluding hydrogens is 331 g/mol. The van der Waals surface area contributed by atoms with Crippen molar-refractivity contribution in [2.24, 2.45) is 5.73 Å². The molecule has 2 aliphatic rings. The van der Waals surface area contributed by atoms with Crippen molar-refractivity contribution in [3.05, 3.63) is 82.2 Å². The number of allylic oxidation sites excluding steroid dienone is 3. The maximum Gasteiger partial charge on any atom is 0.205 e. The molecule has 0 fully saturated rings. The molecule has 0 aromatic heterocycles. The molecule has 4 rings (SSSR count). The molecule has 1 unspecified atom stereocenters. The average molecular weight is 348 g/mol. The molecule has 2 aromatic rings. The molecule has 0 spiro atoms. The Kier molecular flexibility index (Phi) is 3.89. The summed E-state index contributed by atoms with van der Waals surface area (Å²) in [6, 6.07) is 14.3. The number of halogens is 1. The summed E-state index contributed by atoms with van der Waals surface area (Å²) >= 11 is 0. The molecule has 26 heavy (non-hydrogen) atoms. The van der Waals surface area contributed by atoms with E-state index in [1.54, 1.807) is 19.2 Å². The summed E-state index contributed by atoms with van der Waals surface area (Å²) in [6.45, 7) is 0. The first kappa shape index (κ1) is 16.2. The van der Waals surface area contributed by atoms with Gasteiger partial charge in [0.05, 0.1) is 13.0 Å². The predicted molar refractivity (Wildman–Crippen MR) is 95.3 cm³/mol. The number of methoxy groups -OCH3 is 1. The highest BCUT2D eigenvalue weighted by Crippen LogP contribution is 2.48. The van der Waals surface area contributed by atoms with E-state index in [4.69, 9.17) is 15.2 Å². The maximum atomic E-state index is 13.4. The lowest BCUT2D eigenvalue weighted by Gasteiger charge is -2.33. The Hall–Kier alpha value is -3.26. The maximum absolute atomic E-state index is 13.4. The Balaban J connectivity index is 1.94. The van der Waals surface area contributed by atoms with Crippen LogP contribution in [0.2, 0.25) is 0 Å². The molecule has 1 aliphatic heterocycles. The number of nitrogens with two attached hydrogens (primary N) is 1. The zero-order valence-corrected chi connectivity index (χ0v) is 14.3. The fourth-order valence-corrected chi connectivity index (χ4v) is 3.69. The quantitative estimate of drug-likeness (QED) is 0.891. The third-order valence-corrected chi connectivity index (χ3v) is 4.93. The molecule has 0 saturated carbocycles. The second kappa shape index (κ2) is 6.23. The number of nitrogens with zero attached hydrogens (tertiary/aromatic N) is 1. The number of rotatable bonds is 2. The third-order valence-electron chi connectivity index (χ3n) is 4.93. The lowest BCUT2D eigenvalue weighted by molar-refractivity contribution is 0.273. The molecule has 1 atom stereocenters. The average Bonchev–Trinajstić information content (AvgIpc) is 2.67. The van der Waals surface area contributed by atoms with E-state index in [1.165, 1.54) is 12.1 Å². The first-order valence-electron chi connectivity index (χ1n) is 8.35. The Morgan fingerprint density at radius 3 is 2.65 bits per heavy atom. The molecule has 130 valence electrons. The van der Waals surface area contributed by atoms with Gasteiger partial charge >= 0.3 is 0 Å². The highest BCUT2D eigenvalue weighted by molar-refractivity contribution is 5.82. The summed E-state index contributed by atoms with van der Waals surface area (Å²) in [4.78, 5) is 0. The third kappa shape index (κ3) is 2.51. The van der Waals surface area contributed by atoms with Crippen LogP contribution in [0.15, 0.2) is 59.7 Å². The van der Waals surface area contributed by atoms with Gasteiger partial charge in [-0.3, -0.25) is 0 Å². The predicted octanol–water partition coefficient (Wildman–Crippen LogP) is 4.00. The van der Waals surface area contributed by atoms with Crippen LogP contribution >= 0.6 is 0 Å². The topological polar surface area (TPSA) is 68.3 Å². The van der Waals surface area contributed by atoms with Gasteiger partial charge in [0.25, 0.3) is 0 Å². The lowest BCUT2D eigenvalue weighted by atomic mass is 9.75. The van der Waals surface area contributed by atoms with Crippen molar-refractivity contribution in [3.8, 4) is 11.8 Å². The van der Waals surface area contributed by atoms with Crippen LogP contribution in [0.4, 0.5) is 4.39 Å². The molecule has 0 radical (unpaired) electrons. The van der Waals surface area contributed by atoms with Crippen LogP contribution in [0.25, 0.3) is 5.57 Å². The monoisotopic (exact) mass is 348 g/mol. The van der Waals surface area contributed by atoms with Crippen LogP contribution < -0.4 is 10.5 Å². The van der Waals surface area contributed by atoms with E-state index in [-0.39, 0.29) is 11.7 Å². The van der Waals surface area contributed by atoms with Crippen LogP contribution in [-0.4, -0.2) is 7.11 Å². The first-order chi connectivity index (χ1) is 12.6. The zero-order valence-electron chi connectivity index (χ0n) is 14.3. The minimum atomic E-state index is -0.393. The largest absolute Gasteiger partial charge is 0.497 e. The van der Waals surface area contributed by atoms with Crippen molar-refractivity contribution in [3.63, 3.8) is 0 Å². The number of hydrogen-bond donors (Lipinski definition) is 1. The van der Waals surface area contributed by atoms with Gasteiger partial charge in [0.1, 0.15) is 29.0 Å². The van der Waals surface area contributed by atoms with E-state index in [0.29, 0.717) is 12.0 Å². The van der Waals surface area contributed by atoms with E-state index >= 15 is 0 Å². The molecule has 0 bridgehead atoms. The second-order valence-corrected chi connectivity index (χ2v) is 6.34. The number of benzene rings is 2. The second-order valence-electron chi connectivity index (χ2n) is 6.34. The minimum absolute atomic E-state index is 0.118. The number of fused-ring (bicyclic) bond motifs is 2. The fourth-order valence-electron chi connectivity index (χ4n) is 3.69. The van der Waals surface area contributed by atoms with E-state index in [1.807, 2.05) is 18.2 Å². The van der Waals surface area contributed by atoms with Crippen molar-refractivity contribution in [2.75, 3.05) is 7.11 Å². The molecule has 1 aliphatic carbocycles. The SMILES string of the molecule is COc1ccc2c(c1)C1=C(CC2)OC(N)=C(C#N)C1c1ccc(F)cc1. The van der Waals surface area contributed by atoms with Crippen molar-refractivity contribution < 1.29 is 13.9 Å². The van der Waals surface area contributed by atoms with Crippen LogP contribution in [0.3, 0.4) is 0 Å². The smallest absolute Gasteiger partial charge is 0.205 e. The molecule has 0 amide bonds. The minimum Gasteiger partial charge on any atom is -0.497 e. The number of hydrogen-bond acceptors (Lipinski definition) is 4. The van der Waals surface area contributed by atoms with Gasteiger partial charge in [-0.05, 0) is 47.4 Å². The fraction of sp³-hybridized carbons (Fsp3) is 0.190. The van der Waals surface area contributed by atoms with Crippen LogP contribution in [0.5, 0.6) is 5.75 Å². The molecule has 1 heterocycles. The Bertz CT molecular complexity index is 984. The Labute approximate surface area is 151 Å². The van der Waals surface area contributed by atoms with Gasteiger partial charge in [0.2, 0.25) is 5.88 Å². The van der Waals surface area contributed by atoms with Gasteiger partial charge < -0.3 is 15.2 Å². The van der Waals surface area contributed by atoms with E-state index < -0.39 is 5.92 Å². The summed E-state index contributed by atoms with van der Waals surface area (Å²) in [5.74, 6) is 0.895. The number of aryl methyl sites for hydroxylation is 1. The molecule has 4 nitrogen and oxygen atoms in total. The molecule has 5 heteroatoms. The molecule has 2 aromatic carbocycles. The standard InChI is InChI=1S/C21H17FN2O2/c1-25-15-8-4-12-5-9-18-20(16(12)10-15)19(17(11-23)21(24)26-18)13-2-6-14(22)7-3-13/h2-4,6-8,10,19H,5,9,24H2,1H3. The molecule has 2 N–H and O–H groups in total. The summed E-state index contributed by atoms with van der Waals surface area (Å²) in [5.41, 5.74) is 10.2. The Morgan fingerprint density at radius 2 is 1.96 bits per heavy atom. The normalized spacial score (nSPS) is 18.6. The summed E-state index contributed by atoms with van der Waals surface area (Å²) in [5, 5.41) is 9.70. The van der Waals surface area contributed by atoms with Gasteiger partial charge in [-0.25, -0.2) is 4.39 Å². The summed E-state index contributed by atoms with van der Waals surface area (Å²) < 4.78 is 24.6. The van der Waals surface area contributed by atoms with Crippen LogP contribution in [0, 0.1) is 17.1 Å². The van der Waals surface area contributed by atoms with E-state index in [9.17, 15) is 9.65 Å². The molecular formula is C21H17FN2O2. The van der Waals surface area contributed by atoms with Crippen molar-refractivity contribution in [1.82, 2.24) is 0 Å².